The Morgan fingerprint density at radius 1 is 1.08 bits per heavy atom. The van der Waals surface area contributed by atoms with Gasteiger partial charge in [-0.05, 0) is 50.3 Å². The molecule has 36 heavy (non-hydrogen) atoms. The second-order valence-electron chi connectivity index (χ2n) is 10.8. The number of hydrogen-bond donors (Lipinski definition) is 0. The SMILES string of the molecule is CC(=O)N1CCC[C@@H]1C(=O)N1CCC2(CC1)C[C@H](CCN1CCN(c3cccc(Cl)c3)CC1)OC2=O. The topological polar surface area (TPSA) is 73.4 Å². The number of ether oxygens (including phenoxy) is 1. The molecular formula is C27H37ClN4O4. The predicted molar refractivity (Wildman–Crippen MR) is 138 cm³/mol. The molecule has 4 saturated heterocycles. The van der Waals surface area contributed by atoms with E-state index in [2.05, 4.69) is 15.9 Å². The van der Waals surface area contributed by atoms with E-state index in [9.17, 15) is 14.4 Å². The molecule has 0 N–H and O–H groups in total. The molecule has 4 aliphatic rings. The van der Waals surface area contributed by atoms with Crippen molar-refractivity contribution < 1.29 is 19.1 Å². The maximum absolute atomic E-state index is 13.1. The number of carbonyl (C=O) groups is 3. The number of likely N-dealkylation sites (tertiary alicyclic amines) is 2. The molecule has 0 aromatic heterocycles. The fourth-order valence-corrected chi connectivity index (χ4v) is 6.59. The minimum Gasteiger partial charge on any atom is -0.462 e. The van der Waals surface area contributed by atoms with Crippen molar-refractivity contribution in [2.45, 2.75) is 57.6 Å². The highest BCUT2D eigenvalue weighted by Gasteiger charge is 2.51. The maximum Gasteiger partial charge on any atom is 0.312 e. The zero-order chi connectivity index (χ0) is 25.3. The molecule has 0 unspecified atom stereocenters. The van der Waals surface area contributed by atoms with E-state index in [-0.39, 0.29) is 29.9 Å². The van der Waals surface area contributed by atoms with Crippen LogP contribution in [0.15, 0.2) is 24.3 Å². The third-order valence-electron chi connectivity index (χ3n) is 8.61. The molecule has 2 atom stereocenters. The van der Waals surface area contributed by atoms with E-state index >= 15 is 0 Å². The van der Waals surface area contributed by atoms with Crippen molar-refractivity contribution in [3.05, 3.63) is 29.3 Å². The Kier molecular flexibility index (Phi) is 7.45. The van der Waals surface area contributed by atoms with Gasteiger partial charge >= 0.3 is 5.97 Å². The van der Waals surface area contributed by atoms with Gasteiger partial charge in [-0.3, -0.25) is 19.3 Å². The number of nitrogens with zero attached hydrogens (tertiary/aromatic N) is 4. The van der Waals surface area contributed by atoms with E-state index in [0.717, 1.165) is 63.4 Å². The summed E-state index contributed by atoms with van der Waals surface area (Å²) in [6, 6.07) is 7.67. The van der Waals surface area contributed by atoms with E-state index in [4.69, 9.17) is 16.3 Å². The lowest BCUT2D eigenvalue weighted by molar-refractivity contribution is -0.153. The van der Waals surface area contributed by atoms with Crippen LogP contribution in [-0.2, 0) is 19.1 Å². The summed E-state index contributed by atoms with van der Waals surface area (Å²) in [5.74, 6) is -0.0820. The van der Waals surface area contributed by atoms with Crippen LogP contribution in [0.3, 0.4) is 0 Å². The first-order valence-electron chi connectivity index (χ1n) is 13.3. The number of piperazine rings is 1. The summed E-state index contributed by atoms with van der Waals surface area (Å²) >= 11 is 6.15. The lowest BCUT2D eigenvalue weighted by atomic mass is 9.75. The molecule has 0 bridgehead atoms. The summed E-state index contributed by atoms with van der Waals surface area (Å²) in [4.78, 5) is 46.2. The minimum atomic E-state index is -0.456. The molecule has 1 aromatic carbocycles. The van der Waals surface area contributed by atoms with Crippen molar-refractivity contribution >= 4 is 35.1 Å². The molecule has 1 spiro atoms. The van der Waals surface area contributed by atoms with Crippen molar-refractivity contribution in [3.8, 4) is 0 Å². The first-order valence-corrected chi connectivity index (χ1v) is 13.7. The first kappa shape index (κ1) is 25.3. The van der Waals surface area contributed by atoms with Gasteiger partial charge in [0, 0.05) is 76.4 Å². The van der Waals surface area contributed by atoms with E-state index in [1.165, 1.54) is 12.6 Å². The molecule has 4 fully saturated rings. The van der Waals surface area contributed by atoms with Crippen molar-refractivity contribution in [2.75, 3.05) is 57.3 Å². The molecule has 4 aliphatic heterocycles. The summed E-state index contributed by atoms with van der Waals surface area (Å²) in [5, 5.41) is 0.763. The van der Waals surface area contributed by atoms with Gasteiger partial charge in [0.2, 0.25) is 11.8 Å². The Labute approximate surface area is 218 Å². The number of hydrogen-bond acceptors (Lipinski definition) is 6. The normalized spacial score (nSPS) is 26.5. The number of cyclic esters (lactones) is 1. The Hall–Kier alpha value is -2.32. The van der Waals surface area contributed by atoms with Gasteiger partial charge in [-0.25, -0.2) is 0 Å². The molecule has 0 radical (unpaired) electrons. The van der Waals surface area contributed by atoms with Gasteiger partial charge < -0.3 is 19.4 Å². The smallest absolute Gasteiger partial charge is 0.312 e. The maximum atomic E-state index is 13.1. The fourth-order valence-electron chi connectivity index (χ4n) is 6.40. The van der Waals surface area contributed by atoms with Gasteiger partial charge in [0.1, 0.15) is 12.1 Å². The molecule has 4 heterocycles. The fraction of sp³-hybridized carbons (Fsp3) is 0.667. The molecule has 8 nitrogen and oxygen atoms in total. The zero-order valence-electron chi connectivity index (χ0n) is 21.2. The van der Waals surface area contributed by atoms with Gasteiger partial charge in [0.15, 0.2) is 0 Å². The number of esters is 1. The number of benzene rings is 1. The van der Waals surface area contributed by atoms with Crippen LogP contribution in [-0.4, -0.2) is 97.0 Å². The van der Waals surface area contributed by atoms with Crippen LogP contribution in [0.2, 0.25) is 5.02 Å². The van der Waals surface area contributed by atoms with Crippen molar-refractivity contribution in [1.29, 1.82) is 0 Å². The van der Waals surface area contributed by atoms with E-state index in [0.29, 0.717) is 32.5 Å². The number of piperidine rings is 1. The highest BCUT2D eigenvalue weighted by atomic mass is 35.5. The highest BCUT2D eigenvalue weighted by Crippen LogP contribution is 2.44. The lowest BCUT2D eigenvalue weighted by Gasteiger charge is -2.38. The largest absolute Gasteiger partial charge is 0.462 e. The zero-order valence-corrected chi connectivity index (χ0v) is 21.9. The number of amides is 2. The summed E-state index contributed by atoms with van der Waals surface area (Å²) in [5.41, 5.74) is 0.712. The monoisotopic (exact) mass is 516 g/mol. The Morgan fingerprint density at radius 2 is 1.83 bits per heavy atom. The van der Waals surface area contributed by atoms with Crippen molar-refractivity contribution in [3.63, 3.8) is 0 Å². The number of rotatable bonds is 5. The van der Waals surface area contributed by atoms with E-state index in [1.807, 2.05) is 23.1 Å². The van der Waals surface area contributed by atoms with Gasteiger partial charge in [0.25, 0.3) is 0 Å². The average Bonchev–Trinajstić information content (AvgIpc) is 3.49. The molecule has 5 rings (SSSR count). The second-order valence-corrected chi connectivity index (χ2v) is 11.2. The van der Waals surface area contributed by atoms with Gasteiger partial charge in [0.05, 0.1) is 5.41 Å². The molecule has 1 aromatic rings. The third-order valence-corrected chi connectivity index (χ3v) is 8.85. The van der Waals surface area contributed by atoms with Crippen LogP contribution >= 0.6 is 11.6 Å². The number of carbonyl (C=O) groups excluding carboxylic acids is 3. The van der Waals surface area contributed by atoms with E-state index in [1.54, 1.807) is 4.90 Å². The Bertz CT molecular complexity index is 988. The van der Waals surface area contributed by atoms with Crippen molar-refractivity contribution in [1.82, 2.24) is 14.7 Å². The summed E-state index contributed by atoms with van der Waals surface area (Å²) < 4.78 is 5.85. The number of halogens is 1. The van der Waals surface area contributed by atoms with Crippen LogP contribution in [0.25, 0.3) is 0 Å². The van der Waals surface area contributed by atoms with E-state index < -0.39 is 5.41 Å². The standard InChI is InChI=1S/C27H37ClN4O4/c1-20(33)32-10-3-6-24(32)25(34)31-12-8-27(9-13-31)19-23(36-26(27)35)7-11-29-14-16-30(17-15-29)22-5-2-4-21(28)18-22/h2,4-5,18,23-24H,3,6-17,19H2,1H3/t23-,24+/m0/s1. The molecule has 196 valence electrons. The molecule has 2 amide bonds. The molecule has 0 aliphatic carbocycles. The Balaban J connectivity index is 1.07. The van der Waals surface area contributed by atoms with Crippen LogP contribution < -0.4 is 4.90 Å². The molecule has 9 heteroatoms. The van der Waals surface area contributed by atoms with Crippen LogP contribution in [0, 0.1) is 5.41 Å². The minimum absolute atomic E-state index is 0.0348. The first-order chi connectivity index (χ1) is 17.3. The third kappa shape index (κ3) is 5.21. The highest BCUT2D eigenvalue weighted by molar-refractivity contribution is 6.30. The Morgan fingerprint density at radius 3 is 2.53 bits per heavy atom. The average molecular weight is 517 g/mol. The number of anilines is 1. The summed E-state index contributed by atoms with van der Waals surface area (Å²) in [7, 11) is 0. The summed E-state index contributed by atoms with van der Waals surface area (Å²) in [6.45, 7) is 8.12. The van der Waals surface area contributed by atoms with Gasteiger partial charge in [-0.15, -0.1) is 0 Å². The molecular weight excluding hydrogens is 480 g/mol. The molecule has 0 saturated carbocycles. The van der Waals surface area contributed by atoms with Crippen molar-refractivity contribution in [2.24, 2.45) is 5.41 Å². The van der Waals surface area contributed by atoms with Gasteiger partial charge in [-0.2, -0.15) is 0 Å². The quantitative estimate of drug-likeness (QED) is 0.560. The predicted octanol–water partition coefficient (Wildman–Crippen LogP) is 2.79. The van der Waals surface area contributed by atoms with Crippen LogP contribution in [0.1, 0.15) is 45.4 Å². The lowest BCUT2D eigenvalue weighted by Crippen LogP contribution is -2.51. The summed E-state index contributed by atoms with van der Waals surface area (Å²) in [6.07, 6.45) is 4.46. The van der Waals surface area contributed by atoms with Crippen LogP contribution in [0.4, 0.5) is 5.69 Å². The second kappa shape index (κ2) is 10.6. The van der Waals surface area contributed by atoms with Gasteiger partial charge in [-0.1, -0.05) is 17.7 Å². The van der Waals surface area contributed by atoms with Crippen LogP contribution in [0.5, 0.6) is 0 Å².